The highest BCUT2D eigenvalue weighted by Gasteiger charge is 2.32. The number of aromatic nitrogens is 5. The number of hydrogen-bond acceptors (Lipinski definition) is 3. The Morgan fingerprint density at radius 2 is 2.00 bits per heavy atom. The zero-order valence-electron chi connectivity index (χ0n) is 13.9. The van der Waals surface area contributed by atoms with E-state index in [9.17, 15) is 13.2 Å². The molecule has 0 aromatic carbocycles. The lowest BCUT2D eigenvalue weighted by Crippen LogP contribution is -2.22. The minimum Gasteiger partial charge on any atom is -0.332 e. The molecule has 8 heteroatoms. The van der Waals surface area contributed by atoms with Crippen LogP contribution in [0.25, 0.3) is 0 Å². The van der Waals surface area contributed by atoms with Gasteiger partial charge in [-0.25, -0.2) is 14.6 Å². The molecule has 0 aliphatic heterocycles. The Hall–Kier alpha value is -1.86. The van der Waals surface area contributed by atoms with Gasteiger partial charge in [0.05, 0.1) is 0 Å². The first-order chi connectivity index (χ1) is 11.3. The summed E-state index contributed by atoms with van der Waals surface area (Å²) in [6, 6.07) is -0.0277. The molecule has 1 unspecified atom stereocenters. The number of alkyl halides is 3. The molecule has 2 aromatic rings. The lowest BCUT2D eigenvalue weighted by atomic mass is 10.1. The number of imidazole rings is 1. The van der Waals surface area contributed by atoms with Gasteiger partial charge in [0, 0.05) is 30.8 Å². The second-order valence-electron chi connectivity index (χ2n) is 6.58. The standard InChI is InChI=1S/C16H22F3N5/c1-11(23-8-7-20-12(23)2)9-14-21-15(13-5-3-4-6-13)22-24(14)10-16(17,18)19/h7-8,11,13H,3-6,9-10H2,1-2H3. The normalized spacial score (nSPS) is 17.5. The molecule has 1 aliphatic carbocycles. The van der Waals surface area contributed by atoms with Gasteiger partial charge in [-0.15, -0.1) is 0 Å². The predicted octanol–water partition coefficient (Wildman–Crippen LogP) is 3.81. The molecule has 5 nitrogen and oxygen atoms in total. The summed E-state index contributed by atoms with van der Waals surface area (Å²) in [5.74, 6) is 2.00. The fraction of sp³-hybridized carbons (Fsp3) is 0.688. The number of nitrogens with zero attached hydrogens (tertiary/aromatic N) is 5. The van der Waals surface area contributed by atoms with E-state index in [2.05, 4.69) is 15.1 Å². The van der Waals surface area contributed by atoms with Crippen LogP contribution in [0.2, 0.25) is 0 Å². The third kappa shape index (κ3) is 3.79. The van der Waals surface area contributed by atoms with Crippen molar-refractivity contribution in [3.05, 3.63) is 29.9 Å². The van der Waals surface area contributed by atoms with E-state index >= 15 is 0 Å². The molecule has 0 saturated heterocycles. The van der Waals surface area contributed by atoms with Crippen molar-refractivity contribution in [3.8, 4) is 0 Å². The minimum absolute atomic E-state index is 0.0277. The second-order valence-corrected chi connectivity index (χ2v) is 6.58. The van der Waals surface area contributed by atoms with Crippen LogP contribution in [0.5, 0.6) is 0 Å². The quantitative estimate of drug-likeness (QED) is 0.831. The summed E-state index contributed by atoms with van der Waals surface area (Å²) in [6.07, 6.45) is 3.74. The molecule has 2 heterocycles. The molecule has 1 saturated carbocycles. The van der Waals surface area contributed by atoms with E-state index in [1.165, 1.54) is 0 Å². The molecule has 24 heavy (non-hydrogen) atoms. The molecular formula is C16H22F3N5. The fourth-order valence-corrected chi connectivity index (χ4v) is 3.41. The molecule has 0 amide bonds. The molecule has 0 N–H and O–H groups in total. The third-order valence-corrected chi connectivity index (χ3v) is 4.63. The molecule has 1 aliphatic rings. The van der Waals surface area contributed by atoms with Crippen molar-refractivity contribution in [1.29, 1.82) is 0 Å². The van der Waals surface area contributed by atoms with Gasteiger partial charge in [0.2, 0.25) is 0 Å². The summed E-state index contributed by atoms with van der Waals surface area (Å²) in [4.78, 5) is 8.64. The maximum Gasteiger partial charge on any atom is 0.408 e. The molecule has 2 aromatic heterocycles. The van der Waals surface area contributed by atoms with Crippen molar-refractivity contribution in [2.24, 2.45) is 0 Å². The molecule has 0 spiro atoms. The lowest BCUT2D eigenvalue weighted by Gasteiger charge is -2.15. The highest BCUT2D eigenvalue weighted by atomic mass is 19.4. The van der Waals surface area contributed by atoms with E-state index in [0.29, 0.717) is 18.1 Å². The van der Waals surface area contributed by atoms with E-state index in [4.69, 9.17) is 0 Å². The highest BCUT2D eigenvalue weighted by Crippen LogP contribution is 2.33. The van der Waals surface area contributed by atoms with Gasteiger partial charge in [0.25, 0.3) is 0 Å². The Morgan fingerprint density at radius 1 is 1.29 bits per heavy atom. The van der Waals surface area contributed by atoms with Crippen LogP contribution in [0.4, 0.5) is 13.2 Å². The van der Waals surface area contributed by atoms with Crippen molar-refractivity contribution in [2.75, 3.05) is 0 Å². The van der Waals surface area contributed by atoms with Gasteiger partial charge in [-0.05, 0) is 26.7 Å². The van der Waals surface area contributed by atoms with Gasteiger partial charge in [0.1, 0.15) is 18.2 Å². The molecule has 132 valence electrons. The second kappa shape index (κ2) is 6.57. The minimum atomic E-state index is -4.30. The monoisotopic (exact) mass is 341 g/mol. The topological polar surface area (TPSA) is 48.5 Å². The van der Waals surface area contributed by atoms with Crippen molar-refractivity contribution in [2.45, 2.75) is 70.6 Å². The van der Waals surface area contributed by atoms with E-state index in [0.717, 1.165) is 36.2 Å². The van der Waals surface area contributed by atoms with Crippen LogP contribution in [0.15, 0.2) is 12.4 Å². The lowest BCUT2D eigenvalue weighted by molar-refractivity contribution is -0.143. The molecule has 3 rings (SSSR count). The average molecular weight is 341 g/mol. The van der Waals surface area contributed by atoms with Crippen LogP contribution < -0.4 is 0 Å². The number of halogens is 3. The van der Waals surface area contributed by atoms with Crippen LogP contribution in [-0.2, 0) is 13.0 Å². The van der Waals surface area contributed by atoms with Gasteiger partial charge >= 0.3 is 6.18 Å². The van der Waals surface area contributed by atoms with Gasteiger partial charge in [0.15, 0.2) is 5.82 Å². The summed E-state index contributed by atoms with van der Waals surface area (Å²) in [6.45, 7) is 2.75. The molecule has 0 bridgehead atoms. The molecule has 0 radical (unpaired) electrons. The van der Waals surface area contributed by atoms with Gasteiger partial charge in [-0.3, -0.25) is 0 Å². The molecule has 1 atom stereocenters. The Bertz CT molecular complexity index is 682. The molecule has 1 fully saturated rings. The summed E-state index contributed by atoms with van der Waals surface area (Å²) in [5, 5.41) is 4.20. The zero-order valence-corrected chi connectivity index (χ0v) is 13.9. The van der Waals surface area contributed by atoms with Crippen LogP contribution >= 0.6 is 0 Å². The van der Waals surface area contributed by atoms with Crippen molar-refractivity contribution in [1.82, 2.24) is 24.3 Å². The van der Waals surface area contributed by atoms with Crippen molar-refractivity contribution >= 4 is 0 Å². The highest BCUT2D eigenvalue weighted by molar-refractivity contribution is 5.04. The Balaban J connectivity index is 1.85. The predicted molar refractivity (Wildman–Crippen MR) is 82.7 cm³/mol. The maximum absolute atomic E-state index is 12.9. The maximum atomic E-state index is 12.9. The van der Waals surface area contributed by atoms with E-state index in [-0.39, 0.29) is 12.0 Å². The van der Waals surface area contributed by atoms with Gasteiger partial charge < -0.3 is 4.57 Å². The van der Waals surface area contributed by atoms with E-state index < -0.39 is 12.7 Å². The molecular weight excluding hydrogens is 319 g/mol. The van der Waals surface area contributed by atoms with Crippen LogP contribution in [0.3, 0.4) is 0 Å². The van der Waals surface area contributed by atoms with E-state index in [1.807, 2.05) is 24.6 Å². The first-order valence-electron chi connectivity index (χ1n) is 8.33. The largest absolute Gasteiger partial charge is 0.408 e. The Kier molecular flexibility index (Phi) is 4.64. The van der Waals surface area contributed by atoms with E-state index in [1.54, 1.807) is 6.20 Å². The van der Waals surface area contributed by atoms with Gasteiger partial charge in [-0.2, -0.15) is 18.3 Å². The zero-order chi connectivity index (χ0) is 17.3. The third-order valence-electron chi connectivity index (χ3n) is 4.63. The number of aryl methyl sites for hydroxylation is 1. The number of rotatable bonds is 5. The van der Waals surface area contributed by atoms with Crippen molar-refractivity contribution < 1.29 is 13.2 Å². The first kappa shape index (κ1) is 17.0. The smallest absolute Gasteiger partial charge is 0.332 e. The average Bonchev–Trinajstić information content (AvgIpc) is 3.18. The summed E-state index contributed by atoms with van der Waals surface area (Å²) < 4.78 is 41.6. The summed E-state index contributed by atoms with van der Waals surface area (Å²) in [5.41, 5.74) is 0. The van der Waals surface area contributed by atoms with Crippen LogP contribution in [0, 0.1) is 6.92 Å². The summed E-state index contributed by atoms with van der Waals surface area (Å²) >= 11 is 0. The SMILES string of the molecule is Cc1nccn1C(C)Cc1nc(C2CCCC2)nn1CC(F)(F)F. The summed E-state index contributed by atoms with van der Waals surface area (Å²) in [7, 11) is 0. The number of hydrogen-bond donors (Lipinski definition) is 0. The van der Waals surface area contributed by atoms with Gasteiger partial charge in [-0.1, -0.05) is 12.8 Å². The fourth-order valence-electron chi connectivity index (χ4n) is 3.41. The Labute approximate surface area is 138 Å². The Morgan fingerprint density at radius 3 is 2.58 bits per heavy atom. The van der Waals surface area contributed by atoms with Crippen LogP contribution in [-0.4, -0.2) is 30.5 Å². The van der Waals surface area contributed by atoms with Crippen LogP contribution in [0.1, 0.15) is 62.0 Å². The van der Waals surface area contributed by atoms with Crippen molar-refractivity contribution in [3.63, 3.8) is 0 Å². The first-order valence-corrected chi connectivity index (χ1v) is 8.33.